The SMILES string of the molecule is Nc1c(-c2ccccc2)c(C(=O)O)nn1C1CC1. The number of anilines is 1. The third-order valence-electron chi connectivity index (χ3n) is 3.11. The van der Waals surface area contributed by atoms with Crippen molar-refractivity contribution in [3.8, 4) is 11.1 Å². The van der Waals surface area contributed by atoms with E-state index in [-0.39, 0.29) is 11.7 Å². The van der Waals surface area contributed by atoms with Crippen LogP contribution in [0.25, 0.3) is 11.1 Å². The number of nitrogens with zero attached hydrogens (tertiary/aromatic N) is 2. The normalized spacial score (nSPS) is 14.7. The fourth-order valence-electron chi connectivity index (χ4n) is 2.08. The Morgan fingerprint density at radius 1 is 1.33 bits per heavy atom. The molecule has 1 aromatic heterocycles. The quantitative estimate of drug-likeness (QED) is 0.865. The van der Waals surface area contributed by atoms with Crippen molar-refractivity contribution >= 4 is 11.8 Å². The van der Waals surface area contributed by atoms with Crippen LogP contribution in [-0.2, 0) is 0 Å². The molecule has 92 valence electrons. The van der Waals surface area contributed by atoms with E-state index in [0.717, 1.165) is 18.4 Å². The first kappa shape index (κ1) is 10.8. The van der Waals surface area contributed by atoms with E-state index in [9.17, 15) is 9.90 Å². The molecule has 0 aliphatic heterocycles. The van der Waals surface area contributed by atoms with Gasteiger partial charge in [-0.2, -0.15) is 5.10 Å². The highest BCUT2D eigenvalue weighted by atomic mass is 16.4. The van der Waals surface area contributed by atoms with E-state index in [4.69, 9.17) is 5.73 Å². The Kier molecular flexibility index (Phi) is 2.33. The molecule has 0 unspecified atom stereocenters. The van der Waals surface area contributed by atoms with Crippen LogP contribution in [0.4, 0.5) is 5.82 Å². The Morgan fingerprint density at radius 2 is 2.00 bits per heavy atom. The van der Waals surface area contributed by atoms with Crippen molar-refractivity contribution in [2.75, 3.05) is 5.73 Å². The lowest BCUT2D eigenvalue weighted by Crippen LogP contribution is -2.03. The Morgan fingerprint density at radius 3 is 2.56 bits per heavy atom. The third-order valence-corrected chi connectivity index (χ3v) is 3.11. The zero-order valence-corrected chi connectivity index (χ0v) is 9.71. The molecule has 1 fully saturated rings. The molecule has 1 heterocycles. The maximum atomic E-state index is 11.3. The van der Waals surface area contributed by atoms with Gasteiger partial charge in [-0.25, -0.2) is 9.48 Å². The minimum Gasteiger partial charge on any atom is -0.476 e. The van der Waals surface area contributed by atoms with Crippen molar-refractivity contribution in [2.24, 2.45) is 0 Å². The first-order chi connectivity index (χ1) is 8.68. The number of aromatic carboxylic acids is 1. The zero-order chi connectivity index (χ0) is 12.7. The van der Waals surface area contributed by atoms with Crippen molar-refractivity contribution in [1.29, 1.82) is 0 Å². The van der Waals surface area contributed by atoms with E-state index in [0.29, 0.717) is 11.4 Å². The van der Waals surface area contributed by atoms with Crippen LogP contribution in [0.15, 0.2) is 30.3 Å². The largest absolute Gasteiger partial charge is 0.476 e. The molecular formula is C13H13N3O2. The number of carboxylic acid groups (broad SMARTS) is 1. The van der Waals surface area contributed by atoms with Gasteiger partial charge in [0.1, 0.15) is 5.82 Å². The van der Waals surface area contributed by atoms with Gasteiger partial charge in [-0.15, -0.1) is 0 Å². The minimum absolute atomic E-state index is 0.0330. The van der Waals surface area contributed by atoms with Gasteiger partial charge in [-0.05, 0) is 18.4 Å². The average Bonchev–Trinajstić information content (AvgIpc) is 3.14. The van der Waals surface area contributed by atoms with Crippen molar-refractivity contribution in [2.45, 2.75) is 18.9 Å². The summed E-state index contributed by atoms with van der Waals surface area (Å²) in [7, 11) is 0. The molecule has 0 saturated heterocycles. The number of hydrogen-bond donors (Lipinski definition) is 2. The van der Waals surface area contributed by atoms with Crippen LogP contribution in [0.5, 0.6) is 0 Å². The molecule has 0 amide bonds. The van der Waals surface area contributed by atoms with Crippen LogP contribution in [-0.4, -0.2) is 20.9 Å². The van der Waals surface area contributed by atoms with Crippen LogP contribution >= 0.6 is 0 Å². The van der Waals surface area contributed by atoms with Gasteiger partial charge in [0.25, 0.3) is 0 Å². The number of rotatable bonds is 3. The summed E-state index contributed by atoms with van der Waals surface area (Å²) in [6.45, 7) is 0. The van der Waals surface area contributed by atoms with E-state index < -0.39 is 5.97 Å². The molecule has 3 N–H and O–H groups in total. The smallest absolute Gasteiger partial charge is 0.357 e. The molecule has 5 nitrogen and oxygen atoms in total. The molecule has 1 aliphatic carbocycles. The number of nitrogens with two attached hydrogens (primary N) is 1. The van der Waals surface area contributed by atoms with Crippen LogP contribution in [0.2, 0.25) is 0 Å². The molecule has 5 heteroatoms. The summed E-state index contributed by atoms with van der Waals surface area (Å²) in [4.78, 5) is 11.3. The number of benzene rings is 1. The van der Waals surface area contributed by atoms with Crippen molar-refractivity contribution < 1.29 is 9.90 Å². The summed E-state index contributed by atoms with van der Waals surface area (Å²) in [5.74, 6) is -0.596. The number of carbonyl (C=O) groups is 1. The molecule has 0 radical (unpaired) electrons. The first-order valence-electron chi connectivity index (χ1n) is 5.85. The highest BCUT2D eigenvalue weighted by Crippen LogP contribution is 2.40. The van der Waals surface area contributed by atoms with Crippen LogP contribution < -0.4 is 5.73 Å². The summed E-state index contributed by atoms with van der Waals surface area (Å²) in [6.07, 6.45) is 2.03. The maximum absolute atomic E-state index is 11.3. The van der Waals surface area contributed by atoms with Crippen LogP contribution in [0.1, 0.15) is 29.4 Å². The van der Waals surface area contributed by atoms with Gasteiger partial charge < -0.3 is 10.8 Å². The number of aromatic nitrogens is 2. The monoisotopic (exact) mass is 243 g/mol. The summed E-state index contributed by atoms with van der Waals surface area (Å²) < 4.78 is 1.64. The van der Waals surface area contributed by atoms with E-state index in [1.165, 1.54) is 0 Å². The van der Waals surface area contributed by atoms with Gasteiger partial charge in [0.2, 0.25) is 0 Å². The lowest BCUT2D eigenvalue weighted by Gasteiger charge is -2.03. The molecule has 3 rings (SSSR count). The molecule has 0 spiro atoms. The average molecular weight is 243 g/mol. The van der Waals surface area contributed by atoms with Gasteiger partial charge >= 0.3 is 5.97 Å². The van der Waals surface area contributed by atoms with Gasteiger partial charge in [0.15, 0.2) is 5.69 Å². The van der Waals surface area contributed by atoms with Crippen molar-refractivity contribution in [3.05, 3.63) is 36.0 Å². The number of hydrogen-bond acceptors (Lipinski definition) is 3. The molecule has 1 saturated carbocycles. The highest BCUT2D eigenvalue weighted by Gasteiger charge is 2.31. The molecule has 18 heavy (non-hydrogen) atoms. The van der Waals surface area contributed by atoms with Gasteiger partial charge in [-0.3, -0.25) is 0 Å². The first-order valence-corrected chi connectivity index (χ1v) is 5.85. The van der Waals surface area contributed by atoms with E-state index in [1.54, 1.807) is 4.68 Å². The fraction of sp³-hybridized carbons (Fsp3) is 0.231. The van der Waals surface area contributed by atoms with E-state index in [1.807, 2.05) is 30.3 Å². The Labute approximate surface area is 104 Å². The zero-order valence-electron chi connectivity index (χ0n) is 9.71. The Bertz CT molecular complexity index is 600. The maximum Gasteiger partial charge on any atom is 0.357 e. The summed E-state index contributed by atoms with van der Waals surface area (Å²) in [5.41, 5.74) is 7.40. The van der Waals surface area contributed by atoms with Gasteiger partial charge in [0, 0.05) is 0 Å². The van der Waals surface area contributed by atoms with Crippen molar-refractivity contribution in [3.63, 3.8) is 0 Å². The summed E-state index contributed by atoms with van der Waals surface area (Å²) in [5, 5.41) is 13.4. The second-order valence-corrected chi connectivity index (χ2v) is 4.46. The Hall–Kier alpha value is -2.30. The predicted molar refractivity (Wildman–Crippen MR) is 67.3 cm³/mol. The lowest BCUT2D eigenvalue weighted by molar-refractivity contribution is 0.0690. The lowest BCUT2D eigenvalue weighted by atomic mass is 10.1. The van der Waals surface area contributed by atoms with Gasteiger partial charge in [0.05, 0.1) is 11.6 Å². The molecule has 1 aromatic carbocycles. The Balaban J connectivity index is 2.20. The topological polar surface area (TPSA) is 81.1 Å². The third kappa shape index (κ3) is 1.64. The molecule has 2 aromatic rings. The van der Waals surface area contributed by atoms with E-state index in [2.05, 4.69) is 5.10 Å². The standard InChI is InChI=1S/C13H13N3O2/c14-12-10(8-4-2-1-3-5-8)11(13(17)18)15-16(12)9-6-7-9/h1-5,9H,6-7,14H2,(H,17,18). The van der Waals surface area contributed by atoms with Crippen LogP contribution in [0, 0.1) is 0 Å². The minimum atomic E-state index is -1.04. The summed E-state index contributed by atoms with van der Waals surface area (Å²) >= 11 is 0. The van der Waals surface area contributed by atoms with Gasteiger partial charge in [-0.1, -0.05) is 30.3 Å². The number of carboxylic acids is 1. The molecular weight excluding hydrogens is 230 g/mol. The molecule has 0 atom stereocenters. The van der Waals surface area contributed by atoms with Crippen molar-refractivity contribution in [1.82, 2.24) is 9.78 Å². The second-order valence-electron chi connectivity index (χ2n) is 4.46. The highest BCUT2D eigenvalue weighted by molar-refractivity contribution is 5.97. The molecule has 1 aliphatic rings. The molecule has 0 bridgehead atoms. The summed E-state index contributed by atoms with van der Waals surface area (Å²) in [6, 6.07) is 9.55. The second kappa shape index (κ2) is 3.87. The number of nitrogen functional groups attached to an aromatic ring is 1. The predicted octanol–water partition coefficient (Wildman–Crippen LogP) is 2.17. The van der Waals surface area contributed by atoms with E-state index >= 15 is 0 Å². The fourth-order valence-corrected chi connectivity index (χ4v) is 2.08. The van der Waals surface area contributed by atoms with Crippen LogP contribution in [0.3, 0.4) is 0 Å².